The molecule has 0 aromatic heterocycles. The van der Waals surface area contributed by atoms with Crippen molar-refractivity contribution in [2.75, 3.05) is 18.1 Å². The number of anilines is 1. The first-order chi connectivity index (χ1) is 12.9. The third-order valence-corrected chi connectivity index (χ3v) is 4.42. The van der Waals surface area contributed by atoms with Crippen LogP contribution in [0.25, 0.3) is 0 Å². The number of benzene rings is 2. The maximum Gasteiger partial charge on any atom is 0.276 e. The van der Waals surface area contributed by atoms with Gasteiger partial charge in [0, 0.05) is 18.3 Å². The molecule has 0 fully saturated rings. The van der Waals surface area contributed by atoms with E-state index < -0.39 is 4.92 Å². The predicted molar refractivity (Wildman–Crippen MR) is 102 cm³/mol. The molecule has 0 N–H and O–H groups in total. The molecule has 140 valence electrons. The number of nitriles is 1. The number of rotatable bonds is 7. The molecule has 0 heterocycles. The zero-order chi connectivity index (χ0) is 20.0. The first-order valence-corrected chi connectivity index (χ1v) is 8.47. The highest BCUT2D eigenvalue weighted by molar-refractivity contribution is 5.95. The van der Waals surface area contributed by atoms with E-state index >= 15 is 0 Å². The Morgan fingerprint density at radius 1 is 1.19 bits per heavy atom. The first-order valence-electron chi connectivity index (χ1n) is 8.47. The molecule has 0 radical (unpaired) electrons. The van der Waals surface area contributed by atoms with Crippen LogP contribution in [0.15, 0.2) is 36.4 Å². The van der Waals surface area contributed by atoms with Crippen LogP contribution < -0.4 is 9.64 Å². The summed E-state index contributed by atoms with van der Waals surface area (Å²) >= 11 is 0. The molecule has 0 spiro atoms. The molecule has 0 aliphatic rings. The Morgan fingerprint density at radius 3 is 2.56 bits per heavy atom. The fraction of sp³-hybridized carbons (Fsp3) is 0.300. The summed E-state index contributed by atoms with van der Waals surface area (Å²) in [5.74, 6) is -0.0244. The number of aryl methyl sites for hydroxylation is 1. The lowest BCUT2D eigenvalue weighted by Gasteiger charge is -2.24. The van der Waals surface area contributed by atoms with Gasteiger partial charge in [-0.2, -0.15) is 5.26 Å². The van der Waals surface area contributed by atoms with Gasteiger partial charge in [-0.3, -0.25) is 14.9 Å². The SMILES string of the molecule is Cc1cccc(N(CCC#N)C(=O)COc2cccc([N+](=O)[O-])c2C)c1C. The largest absolute Gasteiger partial charge is 0.483 e. The van der Waals surface area contributed by atoms with E-state index in [-0.39, 0.29) is 31.2 Å². The molecule has 0 aliphatic heterocycles. The summed E-state index contributed by atoms with van der Waals surface area (Å²) < 4.78 is 5.56. The molecule has 0 saturated carbocycles. The van der Waals surface area contributed by atoms with E-state index in [0.717, 1.165) is 16.8 Å². The highest BCUT2D eigenvalue weighted by atomic mass is 16.6. The maximum absolute atomic E-state index is 12.8. The van der Waals surface area contributed by atoms with Crippen LogP contribution in [0.1, 0.15) is 23.1 Å². The van der Waals surface area contributed by atoms with Crippen LogP contribution in [0.3, 0.4) is 0 Å². The number of carbonyl (C=O) groups excluding carboxylic acids is 1. The van der Waals surface area contributed by atoms with Gasteiger partial charge in [-0.15, -0.1) is 0 Å². The fourth-order valence-corrected chi connectivity index (χ4v) is 2.74. The van der Waals surface area contributed by atoms with Crippen molar-refractivity contribution in [1.82, 2.24) is 0 Å². The van der Waals surface area contributed by atoms with Crippen molar-refractivity contribution in [3.8, 4) is 11.8 Å². The number of hydrogen-bond acceptors (Lipinski definition) is 5. The number of nitrogens with zero attached hydrogens (tertiary/aromatic N) is 3. The minimum absolute atomic E-state index is 0.0594. The molecule has 2 aromatic rings. The molecule has 0 saturated heterocycles. The number of carbonyl (C=O) groups is 1. The zero-order valence-electron chi connectivity index (χ0n) is 15.6. The lowest BCUT2D eigenvalue weighted by molar-refractivity contribution is -0.385. The van der Waals surface area contributed by atoms with Gasteiger partial charge in [0.15, 0.2) is 6.61 Å². The highest BCUT2D eigenvalue weighted by Crippen LogP contribution is 2.27. The Balaban J connectivity index is 2.22. The summed E-state index contributed by atoms with van der Waals surface area (Å²) in [6.07, 6.45) is 0.189. The number of amides is 1. The minimum atomic E-state index is -0.487. The van der Waals surface area contributed by atoms with Crippen LogP contribution in [0.4, 0.5) is 11.4 Å². The molecular weight excluding hydrogens is 346 g/mol. The monoisotopic (exact) mass is 367 g/mol. The van der Waals surface area contributed by atoms with Gasteiger partial charge in [0.2, 0.25) is 0 Å². The molecule has 2 aromatic carbocycles. The topological polar surface area (TPSA) is 96.5 Å². The lowest BCUT2D eigenvalue weighted by atomic mass is 10.1. The van der Waals surface area contributed by atoms with Gasteiger partial charge in [-0.1, -0.05) is 18.2 Å². The molecule has 7 heteroatoms. The summed E-state index contributed by atoms with van der Waals surface area (Å²) in [6, 6.07) is 12.2. The average Bonchev–Trinajstić information content (AvgIpc) is 2.64. The van der Waals surface area contributed by atoms with Gasteiger partial charge in [0.1, 0.15) is 5.75 Å². The zero-order valence-corrected chi connectivity index (χ0v) is 15.6. The Morgan fingerprint density at radius 2 is 1.89 bits per heavy atom. The third-order valence-electron chi connectivity index (χ3n) is 4.42. The molecule has 0 aliphatic carbocycles. The second-order valence-corrected chi connectivity index (χ2v) is 6.12. The predicted octanol–water partition coefficient (Wildman–Crippen LogP) is 3.85. The van der Waals surface area contributed by atoms with Crippen molar-refractivity contribution in [2.24, 2.45) is 0 Å². The fourth-order valence-electron chi connectivity index (χ4n) is 2.74. The van der Waals surface area contributed by atoms with E-state index in [1.165, 1.54) is 17.0 Å². The van der Waals surface area contributed by atoms with Gasteiger partial charge < -0.3 is 9.64 Å². The minimum Gasteiger partial charge on any atom is -0.483 e. The molecule has 1 amide bonds. The Kier molecular flexibility index (Phi) is 6.50. The van der Waals surface area contributed by atoms with E-state index in [2.05, 4.69) is 6.07 Å². The van der Waals surface area contributed by atoms with Gasteiger partial charge in [0.25, 0.3) is 11.6 Å². The number of ether oxygens (including phenoxy) is 1. The van der Waals surface area contributed by atoms with Crippen LogP contribution in [-0.2, 0) is 4.79 Å². The van der Waals surface area contributed by atoms with Crippen LogP contribution in [0.5, 0.6) is 5.75 Å². The molecule has 27 heavy (non-hydrogen) atoms. The van der Waals surface area contributed by atoms with Gasteiger partial charge >= 0.3 is 0 Å². The van der Waals surface area contributed by atoms with Gasteiger partial charge in [-0.25, -0.2) is 0 Å². The van der Waals surface area contributed by atoms with Crippen molar-refractivity contribution in [2.45, 2.75) is 27.2 Å². The summed E-state index contributed by atoms with van der Waals surface area (Å²) in [5.41, 5.74) is 3.03. The second kappa shape index (κ2) is 8.81. The third kappa shape index (κ3) is 4.61. The average molecular weight is 367 g/mol. The van der Waals surface area contributed by atoms with Gasteiger partial charge in [-0.05, 0) is 44.0 Å². The molecule has 2 rings (SSSR count). The maximum atomic E-state index is 12.8. The number of nitro benzene ring substituents is 1. The normalized spacial score (nSPS) is 10.1. The summed E-state index contributed by atoms with van der Waals surface area (Å²) in [6.45, 7) is 5.42. The molecule has 0 atom stereocenters. The molecular formula is C20H21N3O4. The Labute approximate surface area is 157 Å². The summed E-state index contributed by atoms with van der Waals surface area (Å²) in [5, 5.41) is 19.9. The quantitative estimate of drug-likeness (QED) is 0.547. The van der Waals surface area contributed by atoms with E-state index in [9.17, 15) is 14.9 Å². The van der Waals surface area contributed by atoms with E-state index in [1.54, 1.807) is 13.0 Å². The Bertz CT molecular complexity index is 903. The number of nitro groups is 1. The second-order valence-electron chi connectivity index (χ2n) is 6.12. The van der Waals surface area contributed by atoms with Crippen LogP contribution in [-0.4, -0.2) is 24.0 Å². The molecule has 0 bridgehead atoms. The van der Waals surface area contributed by atoms with Gasteiger partial charge in [0.05, 0.1) is 23.0 Å². The highest BCUT2D eigenvalue weighted by Gasteiger charge is 2.20. The van der Waals surface area contributed by atoms with Crippen molar-refractivity contribution in [3.63, 3.8) is 0 Å². The van der Waals surface area contributed by atoms with Crippen LogP contribution in [0, 0.1) is 42.2 Å². The van der Waals surface area contributed by atoms with E-state index in [0.29, 0.717) is 11.3 Å². The lowest BCUT2D eigenvalue weighted by Crippen LogP contribution is -2.36. The Hall–Kier alpha value is -3.40. The summed E-state index contributed by atoms with van der Waals surface area (Å²) in [7, 11) is 0. The van der Waals surface area contributed by atoms with Crippen LogP contribution >= 0.6 is 0 Å². The van der Waals surface area contributed by atoms with E-state index in [4.69, 9.17) is 10.00 Å². The van der Waals surface area contributed by atoms with Crippen molar-refractivity contribution < 1.29 is 14.5 Å². The van der Waals surface area contributed by atoms with Crippen LogP contribution in [0.2, 0.25) is 0 Å². The summed E-state index contributed by atoms with van der Waals surface area (Å²) in [4.78, 5) is 24.9. The van der Waals surface area contributed by atoms with Crippen molar-refractivity contribution >= 4 is 17.3 Å². The standard InChI is InChI=1S/C20H21N3O4/c1-14-7-4-8-17(15(14)2)22(12-6-11-21)20(24)13-27-19-10-5-9-18(16(19)3)23(25)26/h4-5,7-10H,6,12-13H2,1-3H3. The molecule has 0 unspecified atom stereocenters. The number of hydrogen-bond donors (Lipinski definition) is 0. The molecule has 7 nitrogen and oxygen atoms in total. The van der Waals surface area contributed by atoms with Crippen molar-refractivity contribution in [3.05, 3.63) is 63.2 Å². The first kappa shape index (κ1) is 19.9. The smallest absolute Gasteiger partial charge is 0.276 e. The van der Waals surface area contributed by atoms with Crippen molar-refractivity contribution in [1.29, 1.82) is 5.26 Å². The van der Waals surface area contributed by atoms with E-state index in [1.807, 2.05) is 32.0 Å².